The van der Waals surface area contributed by atoms with Crippen molar-refractivity contribution in [3.05, 3.63) is 22.4 Å². The number of rotatable bonds is 3. The van der Waals surface area contributed by atoms with Crippen LogP contribution in [0.4, 0.5) is 0 Å². The van der Waals surface area contributed by atoms with Gasteiger partial charge in [-0.25, -0.2) is 0 Å². The van der Waals surface area contributed by atoms with Crippen LogP contribution in [0.15, 0.2) is 17.5 Å². The van der Waals surface area contributed by atoms with Gasteiger partial charge in [0.15, 0.2) is 0 Å². The first-order valence-corrected chi connectivity index (χ1v) is 8.23. The molecule has 5 heteroatoms. The predicted molar refractivity (Wildman–Crippen MR) is 78.4 cm³/mol. The van der Waals surface area contributed by atoms with Gasteiger partial charge < -0.3 is 9.80 Å². The molecule has 0 radical (unpaired) electrons. The van der Waals surface area contributed by atoms with E-state index in [0.29, 0.717) is 13.0 Å². The standard InChI is InChI=1S/C15H20N2O2S/c1-2-11(13-6-4-10-20-13)17-9-7-14(18)16-8-3-5-12(16)15(17)19/h4,6,10-12H,2-3,5,7-9H2,1H3. The number of hydrogen-bond donors (Lipinski definition) is 0. The topological polar surface area (TPSA) is 40.6 Å². The minimum atomic E-state index is -0.209. The molecule has 2 unspecified atom stereocenters. The number of thiophene rings is 1. The zero-order chi connectivity index (χ0) is 14.1. The van der Waals surface area contributed by atoms with E-state index in [4.69, 9.17) is 0 Å². The van der Waals surface area contributed by atoms with Crippen LogP contribution in [0.25, 0.3) is 0 Å². The van der Waals surface area contributed by atoms with Crippen LogP contribution in [0.2, 0.25) is 0 Å². The van der Waals surface area contributed by atoms with Gasteiger partial charge in [-0.05, 0) is 30.7 Å². The van der Waals surface area contributed by atoms with Crippen LogP contribution in [0, 0.1) is 0 Å². The van der Waals surface area contributed by atoms with Gasteiger partial charge in [0.25, 0.3) is 0 Å². The number of carbonyl (C=O) groups excluding carboxylic acids is 2. The molecule has 0 saturated carbocycles. The van der Waals surface area contributed by atoms with Crippen molar-refractivity contribution >= 4 is 23.2 Å². The quantitative estimate of drug-likeness (QED) is 0.858. The first-order chi connectivity index (χ1) is 9.72. The third kappa shape index (κ3) is 2.24. The molecule has 2 saturated heterocycles. The lowest BCUT2D eigenvalue weighted by Gasteiger charge is -2.31. The molecule has 1 aromatic heterocycles. The van der Waals surface area contributed by atoms with Crippen LogP contribution in [-0.2, 0) is 9.59 Å². The second-order valence-electron chi connectivity index (χ2n) is 5.47. The normalized spacial score (nSPS) is 24.8. The number of amides is 2. The van der Waals surface area contributed by atoms with Gasteiger partial charge in [-0.1, -0.05) is 13.0 Å². The second kappa shape index (κ2) is 5.56. The summed E-state index contributed by atoms with van der Waals surface area (Å²) in [4.78, 5) is 29.9. The third-order valence-corrected chi connectivity index (χ3v) is 5.32. The molecule has 0 bridgehead atoms. The highest BCUT2D eigenvalue weighted by Gasteiger charge is 2.41. The molecule has 2 amide bonds. The van der Waals surface area contributed by atoms with Crippen molar-refractivity contribution in [2.45, 2.75) is 44.7 Å². The van der Waals surface area contributed by atoms with Gasteiger partial charge >= 0.3 is 0 Å². The fraction of sp³-hybridized carbons (Fsp3) is 0.600. The van der Waals surface area contributed by atoms with Crippen molar-refractivity contribution in [1.29, 1.82) is 0 Å². The molecule has 4 nitrogen and oxygen atoms in total. The maximum absolute atomic E-state index is 12.8. The summed E-state index contributed by atoms with van der Waals surface area (Å²) in [7, 11) is 0. The lowest BCUT2D eigenvalue weighted by atomic mass is 10.1. The highest BCUT2D eigenvalue weighted by atomic mass is 32.1. The number of hydrogen-bond acceptors (Lipinski definition) is 3. The second-order valence-corrected chi connectivity index (χ2v) is 6.45. The Hall–Kier alpha value is -1.36. The molecule has 3 rings (SSSR count). The van der Waals surface area contributed by atoms with Crippen LogP contribution in [0.5, 0.6) is 0 Å². The van der Waals surface area contributed by atoms with Crippen molar-refractivity contribution in [3.63, 3.8) is 0 Å². The van der Waals surface area contributed by atoms with E-state index in [9.17, 15) is 9.59 Å². The molecule has 0 aliphatic carbocycles. The van der Waals surface area contributed by atoms with E-state index in [0.717, 1.165) is 25.8 Å². The van der Waals surface area contributed by atoms with Gasteiger partial charge in [-0.2, -0.15) is 0 Å². The van der Waals surface area contributed by atoms with E-state index in [-0.39, 0.29) is 23.9 Å². The third-order valence-electron chi connectivity index (χ3n) is 4.34. The molecule has 20 heavy (non-hydrogen) atoms. The van der Waals surface area contributed by atoms with Crippen molar-refractivity contribution in [1.82, 2.24) is 9.80 Å². The molecular formula is C15H20N2O2S. The van der Waals surface area contributed by atoms with Gasteiger partial charge in [-0.15, -0.1) is 11.3 Å². The Morgan fingerprint density at radius 2 is 2.25 bits per heavy atom. The number of fused-ring (bicyclic) bond motifs is 1. The summed E-state index contributed by atoms with van der Waals surface area (Å²) in [5.74, 6) is 0.290. The van der Waals surface area contributed by atoms with Crippen LogP contribution < -0.4 is 0 Å². The van der Waals surface area contributed by atoms with Crippen LogP contribution in [0.1, 0.15) is 43.5 Å². The monoisotopic (exact) mass is 292 g/mol. The van der Waals surface area contributed by atoms with Gasteiger partial charge in [0.1, 0.15) is 6.04 Å². The number of nitrogens with zero attached hydrogens (tertiary/aromatic N) is 2. The summed E-state index contributed by atoms with van der Waals surface area (Å²) in [6.45, 7) is 3.41. The Morgan fingerprint density at radius 1 is 1.40 bits per heavy atom. The molecule has 0 aromatic carbocycles. The maximum atomic E-state index is 12.8. The van der Waals surface area contributed by atoms with Gasteiger partial charge in [0.2, 0.25) is 11.8 Å². The Bertz CT molecular complexity index is 500. The predicted octanol–water partition coefficient (Wildman–Crippen LogP) is 2.42. The van der Waals surface area contributed by atoms with E-state index < -0.39 is 0 Å². The Morgan fingerprint density at radius 3 is 2.95 bits per heavy atom. The summed E-state index contributed by atoms with van der Waals surface area (Å²) in [5.41, 5.74) is 0. The van der Waals surface area contributed by atoms with E-state index >= 15 is 0 Å². The van der Waals surface area contributed by atoms with Crippen molar-refractivity contribution < 1.29 is 9.59 Å². The van der Waals surface area contributed by atoms with Crippen molar-refractivity contribution in [3.8, 4) is 0 Å². The Labute approximate surface area is 123 Å². The van der Waals surface area contributed by atoms with E-state index in [2.05, 4.69) is 13.0 Å². The van der Waals surface area contributed by atoms with Crippen LogP contribution in [-0.4, -0.2) is 40.7 Å². The molecule has 2 fully saturated rings. The molecule has 2 atom stereocenters. The summed E-state index contributed by atoms with van der Waals surface area (Å²) in [5, 5.41) is 2.05. The SMILES string of the molecule is CCC(c1cccs1)N1CCC(=O)N2CCCC2C1=O. The molecule has 0 spiro atoms. The average molecular weight is 292 g/mol. The fourth-order valence-corrected chi connectivity index (χ4v) is 4.27. The Kier molecular flexibility index (Phi) is 3.78. The van der Waals surface area contributed by atoms with E-state index in [1.54, 1.807) is 16.2 Å². The largest absolute Gasteiger partial charge is 0.333 e. The van der Waals surface area contributed by atoms with E-state index in [1.807, 2.05) is 16.3 Å². The Balaban J connectivity index is 1.88. The van der Waals surface area contributed by atoms with Crippen molar-refractivity contribution in [2.24, 2.45) is 0 Å². The van der Waals surface area contributed by atoms with Gasteiger partial charge in [0, 0.05) is 24.4 Å². The summed E-state index contributed by atoms with van der Waals surface area (Å²) in [6, 6.07) is 4.03. The lowest BCUT2D eigenvalue weighted by molar-refractivity contribution is -0.140. The summed E-state index contributed by atoms with van der Waals surface area (Å²) >= 11 is 1.69. The highest BCUT2D eigenvalue weighted by Crippen LogP contribution is 2.32. The number of carbonyl (C=O) groups is 2. The van der Waals surface area contributed by atoms with Crippen LogP contribution in [0.3, 0.4) is 0 Å². The summed E-state index contributed by atoms with van der Waals surface area (Å²) in [6.07, 6.45) is 3.13. The molecule has 108 valence electrons. The molecule has 1 aromatic rings. The minimum Gasteiger partial charge on any atom is -0.333 e. The molecule has 2 aliphatic heterocycles. The minimum absolute atomic E-state index is 0.121. The summed E-state index contributed by atoms with van der Waals surface area (Å²) < 4.78 is 0. The lowest BCUT2D eigenvalue weighted by Crippen LogP contribution is -2.44. The van der Waals surface area contributed by atoms with E-state index in [1.165, 1.54) is 4.88 Å². The zero-order valence-electron chi connectivity index (χ0n) is 11.7. The maximum Gasteiger partial charge on any atom is 0.245 e. The first-order valence-electron chi connectivity index (χ1n) is 7.35. The van der Waals surface area contributed by atoms with Gasteiger partial charge in [0.05, 0.1) is 6.04 Å². The highest BCUT2D eigenvalue weighted by molar-refractivity contribution is 7.10. The van der Waals surface area contributed by atoms with Crippen molar-refractivity contribution in [2.75, 3.05) is 13.1 Å². The molecule has 3 heterocycles. The molecular weight excluding hydrogens is 272 g/mol. The smallest absolute Gasteiger partial charge is 0.245 e. The van der Waals surface area contributed by atoms with Gasteiger partial charge in [-0.3, -0.25) is 9.59 Å². The molecule has 0 N–H and O–H groups in total. The molecule has 2 aliphatic rings. The fourth-order valence-electron chi connectivity index (χ4n) is 3.35. The van der Waals surface area contributed by atoms with Crippen LogP contribution >= 0.6 is 11.3 Å². The first kappa shape index (κ1) is 13.6. The zero-order valence-corrected chi connectivity index (χ0v) is 12.6. The average Bonchev–Trinajstić information content (AvgIpc) is 3.10.